The molecular weight excluding hydrogens is 176 g/mol. The smallest absolute Gasteiger partial charge is 0.0844 e. The molecule has 2 nitrogen and oxygen atoms in total. The van der Waals surface area contributed by atoms with Gasteiger partial charge in [0.05, 0.1) is 24.4 Å². The minimum atomic E-state index is 0.659. The SMILES string of the molecule is C1CC2OC2CC1C1CCC2OC2C1. The lowest BCUT2D eigenvalue weighted by molar-refractivity contribution is 0.217. The van der Waals surface area contributed by atoms with E-state index in [9.17, 15) is 0 Å². The number of hydrogen-bond donors (Lipinski definition) is 0. The topological polar surface area (TPSA) is 25.1 Å². The minimum absolute atomic E-state index is 0.659. The van der Waals surface area contributed by atoms with Gasteiger partial charge in [0.2, 0.25) is 0 Å². The summed E-state index contributed by atoms with van der Waals surface area (Å²) in [6.45, 7) is 0. The molecule has 2 aliphatic heterocycles. The Morgan fingerprint density at radius 1 is 0.571 bits per heavy atom. The maximum Gasteiger partial charge on any atom is 0.0844 e. The Bertz CT molecular complexity index is 227. The molecule has 4 fully saturated rings. The van der Waals surface area contributed by atoms with Crippen LogP contribution in [0.4, 0.5) is 0 Å². The fourth-order valence-electron chi connectivity index (χ4n) is 3.73. The Hall–Kier alpha value is -0.0800. The number of hydrogen-bond acceptors (Lipinski definition) is 2. The maximum atomic E-state index is 5.60. The van der Waals surface area contributed by atoms with Crippen molar-refractivity contribution in [2.24, 2.45) is 11.8 Å². The number of epoxide rings is 2. The summed E-state index contributed by atoms with van der Waals surface area (Å²) < 4.78 is 11.2. The molecule has 0 radical (unpaired) electrons. The molecule has 6 atom stereocenters. The van der Waals surface area contributed by atoms with Crippen LogP contribution in [-0.2, 0) is 9.47 Å². The van der Waals surface area contributed by atoms with Crippen molar-refractivity contribution in [2.75, 3.05) is 0 Å². The van der Waals surface area contributed by atoms with Crippen LogP contribution in [0.3, 0.4) is 0 Å². The van der Waals surface area contributed by atoms with Crippen molar-refractivity contribution in [3.8, 4) is 0 Å². The molecule has 2 heteroatoms. The lowest BCUT2D eigenvalue weighted by Crippen LogP contribution is -2.26. The Balaban J connectivity index is 1.41. The Morgan fingerprint density at radius 2 is 1.07 bits per heavy atom. The predicted octanol–water partition coefficient (Wildman–Crippen LogP) is 2.12. The van der Waals surface area contributed by atoms with Crippen LogP contribution in [-0.4, -0.2) is 24.4 Å². The van der Waals surface area contributed by atoms with Gasteiger partial charge in [0, 0.05) is 0 Å². The first kappa shape index (κ1) is 8.12. The lowest BCUT2D eigenvalue weighted by Gasteiger charge is -2.30. The fourth-order valence-corrected chi connectivity index (χ4v) is 3.73. The first-order valence-corrected chi connectivity index (χ1v) is 6.21. The zero-order chi connectivity index (χ0) is 9.12. The first-order chi connectivity index (χ1) is 6.90. The highest BCUT2D eigenvalue weighted by molar-refractivity contribution is 4.98. The largest absolute Gasteiger partial charge is 0.370 e. The van der Waals surface area contributed by atoms with Crippen LogP contribution in [0.25, 0.3) is 0 Å². The standard InChI is InChI=1S/C12H18O2/c1-3-9-11(13-9)5-7(1)8-2-4-10-12(6-8)14-10/h7-12H,1-6H2. The zero-order valence-corrected chi connectivity index (χ0v) is 8.52. The number of rotatable bonds is 1. The maximum absolute atomic E-state index is 5.60. The summed E-state index contributed by atoms with van der Waals surface area (Å²) in [5.74, 6) is 1.92. The van der Waals surface area contributed by atoms with E-state index in [0.29, 0.717) is 24.4 Å². The van der Waals surface area contributed by atoms with Crippen LogP contribution in [0.15, 0.2) is 0 Å². The average molecular weight is 194 g/mol. The summed E-state index contributed by atoms with van der Waals surface area (Å²) in [6, 6.07) is 0. The molecule has 0 aromatic heterocycles. The summed E-state index contributed by atoms with van der Waals surface area (Å²) >= 11 is 0. The summed E-state index contributed by atoms with van der Waals surface area (Å²) in [5.41, 5.74) is 0. The lowest BCUT2D eigenvalue weighted by atomic mass is 9.73. The average Bonchev–Trinajstić information content (AvgIpc) is 3.10. The summed E-state index contributed by atoms with van der Waals surface area (Å²) in [6.07, 6.45) is 10.9. The number of fused-ring (bicyclic) bond motifs is 2. The van der Waals surface area contributed by atoms with Crippen LogP contribution < -0.4 is 0 Å². The summed E-state index contributed by atoms with van der Waals surface area (Å²) in [5, 5.41) is 0. The van der Waals surface area contributed by atoms with Gasteiger partial charge in [0.25, 0.3) is 0 Å². The molecule has 78 valence electrons. The van der Waals surface area contributed by atoms with Gasteiger partial charge in [-0.05, 0) is 50.4 Å². The van der Waals surface area contributed by atoms with Crippen LogP contribution in [0.5, 0.6) is 0 Å². The molecule has 0 spiro atoms. The molecule has 0 aromatic rings. The molecule has 6 unspecified atom stereocenters. The molecule has 2 aliphatic carbocycles. The van der Waals surface area contributed by atoms with Crippen molar-refractivity contribution in [2.45, 2.75) is 62.9 Å². The van der Waals surface area contributed by atoms with E-state index < -0.39 is 0 Å². The van der Waals surface area contributed by atoms with Crippen LogP contribution in [0, 0.1) is 11.8 Å². The van der Waals surface area contributed by atoms with E-state index in [0.717, 1.165) is 11.8 Å². The Kier molecular flexibility index (Phi) is 1.58. The van der Waals surface area contributed by atoms with Crippen molar-refractivity contribution in [1.29, 1.82) is 0 Å². The van der Waals surface area contributed by atoms with Gasteiger partial charge in [-0.3, -0.25) is 0 Å². The highest BCUT2D eigenvalue weighted by atomic mass is 16.6. The molecule has 0 amide bonds. The third kappa shape index (κ3) is 1.24. The van der Waals surface area contributed by atoms with Crippen LogP contribution >= 0.6 is 0 Å². The molecule has 0 N–H and O–H groups in total. The Morgan fingerprint density at radius 3 is 1.50 bits per heavy atom. The van der Waals surface area contributed by atoms with E-state index in [4.69, 9.17) is 9.47 Å². The molecule has 4 aliphatic rings. The van der Waals surface area contributed by atoms with Gasteiger partial charge in [-0.2, -0.15) is 0 Å². The third-order valence-electron chi connectivity index (χ3n) is 4.76. The molecular formula is C12H18O2. The summed E-state index contributed by atoms with van der Waals surface area (Å²) in [7, 11) is 0. The predicted molar refractivity (Wildman–Crippen MR) is 52.0 cm³/mol. The van der Waals surface area contributed by atoms with Crippen molar-refractivity contribution in [1.82, 2.24) is 0 Å². The summed E-state index contributed by atoms with van der Waals surface area (Å²) in [4.78, 5) is 0. The van der Waals surface area contributed by atoms with Crippen LogP contribution in [0.1, 0.15) is 38.5 Å². The van der Waals surface area contributed by atoms with Crippen LogP contribution in [0.2, 0.25) is 0 Å². The molecule has 14 heavy (non-hydrogen) atoms. The monoisotopic (exact) mass is 194 g/mol. The fraction of sp³-hybridized carbons (Fsp3) is 1.00. The van der Waals surface area contributed by atoms with Gasteiger partial charge < -0.3 is 9.47 Å². The quantitative estimate of drug-likeness (QED) is 0.597. The molecule has 2 saturated carbocycles. The molecule has 4 rings (SSSR count). The minimum Gasteiger partial charge on any atom is -0.370 e. The second-order valence-electron chi connectivity index (χ2n) is 5.57. The van der Waals surface area contributed by atoms with E-state index in [-0.39, 0.29) is 0 Å². The second-order valence-corrected chi connectivity index (χ2v) is 5.57. The van der Waals surface area contributed by atoms with Gasteiger partial charge in [0.1, 0.15) is 0 Å². The van der Waals surface area contributed by atoms with Crippen molar-refractivity contribution >= 4 is 0 Å². The normalized spacial score (nSPS) is 60.0. The second kappa shape index (κ2) is 2.73. The first-order valence-electron chi connectivity index (χ1n) is 6.21. The third-order valence-corrected chi connectivity index (χ3v) is 4.76. The van der Waals surface area contributed by atoms with E-state index >= 15 is 0 Å². The van der Waals surface area contributed by atoms with E-state index in [1.54, 1.807) is 0 Å². The van der Waals surface area contributed by atoms with Gasteiger partial charge in [0.15, 0.2) is 0 Å². The zero-order valence-electron chi connectivity index (χ0n) is 8.52. The van der Waals surface area contributed by atoms with Crippen molar-refractivity contribution < 1.29 is 9.47 Å². The highest BCUT2D eigenvalue weighted by Crippen LogP contribution is 2.48. The molecule has 0 bridgehead atoms. The highest BCUT2D eigenvalue weighted by Gasteiger charge is 2.49. The Labute approximate surface area is 85.0 Å². The van der Waals surface area contributed by atoms with Crippen molar-refractivity contribution in [3.63, 3.8) is 0 Å². The molecule has 2 heterocycles. The van der Waals surface area contributed by atoms with Crippen molar-refractivity contribution in [3.05, 3.63) is 0 Å². The van der Waals surface area contributed by atoms with Gasteiger partial charge >= 0.3 is 0 Å². The van der Waals surface area contributed by atoms with Gasteiger partial charge in [-0.1, -0.05) is 0 Å². The molecule has 0 aromatic carbocycles. The van der Waals surface area contributed by atoms with Gasteiger partial charge in [-0.15, -0.1) is 0 Å². The van der Waals surface area contributed by atoms with E-state index in [1.165, 1.54) is 38.5 Å². The number of ether oxygens (including phenoxy) is 2. The van der Waals surface area contributed by atoms with Gasteiger partial charge in [-0.25, -0.2) is 0 Å². The van der Waals surface area contributed by atoms with E-state index in [2.05, 4.69) is 0 Å². The molecule has 2 saturated heterocycles. The van der Waals surface area contributed by atoms with E-state index in [1.807, 2.05) is 0 Å².